The van der Waals surface area contributed by atoms with E-state index in [1.165, 1.54) is 0 Å². The SMILES string of the molecule is CCCCCOC(=O)C(C(=O)OCCCN)c1ccccc1. The van der Waals surface area contributed by atoms with Crippen molar-refractivity contribution in [1.82, 2.24) is 0 Å². The Hall–Kier alpha value is -1.88. The van der Waals surface area contributed by atoms with E-state index in [0.717, 1.165) is 19.3 Å². The van der Waals surface area contributed by atoms with Gasteiger partial charge in [0.1, 0.15) is 0 Å². The van der Waals surface area contributed by atoms with Crippen molar-refractivity contribution in [2.45, 2.75) is 38.5 Å². The molecule has 122 valence electrons. The predicted molar refractivity (Wildman–Crippen MR) is 84.3 cm³/mol. The van der Waals surface area contributed by atoms with Crippen LogP contribution in [0.2, 0.25) is 0 Å². The summed E-state index contributed by atoms with van der Waals surface area (Å²) < 4.78 is 10.4. The van der Waals surface area contributed by atoms with E-state index in [-0.39, 0.29) is 6.61 Å². The van der Waals surface area contributed by atoms with Gasteiger partial charge in [0.15, 0.2) is 5.92 Å². The predicted octanol–water partition coefficient (Wildman–Crippen LogP) is 2.40. The monoisotopic (exact) mass is 307 g/mol. The van der Waals surface area contributed by atoms with Crippen LogP contribution in [0.1, 0.15) is 44.1 Å². The third-order valence-electron chi connectivity index (χ3n) is 3.19. The van der Waals surface area contributed by atoms with Gasteiger partial charge >= 0.3 is 11.9 Å². The number of carbonyl (C=O) groups is 2. The van der Waals surface area contributed by atoms with Crippen molar-refractivity contribution < 1.29 is 19.1 Å². The second kappa shape index (κ2) is 10.8. The molecule has 1 atom stereocenters. The first-order valence-electron chi connectivity index (χ1n) is 7.79. The van der Waals surface area contributed by atoms with Crippen LogP contribution in [-0.4, -0.2) is 31.7 Å². The van der Waals surface area contributed by atoms with Crippen LogP contribution in [0.15, 0.2) is 30.3 Å². The molecule has 0 aliphatic heterocycles. The minimum Gasteiger partial charge on any atom is -0.465 e. The smallest absolute Gasteiger partial charge is 0.324 e. The molecular formula is C17H25NO4. The molecule has 0 saturated carbocycles. The Morgan fingerprint density at radius 2 is 1.59 bits per heavy atom. The van der Waals surface area contributed by atoms with E-state index in [1.807, 2.05) is 6.07 Å². The van der Waals surface area contributed by atoms with Gasteiger partial charge < -0.3 is 15.2 Å². The van der Waals surface area contributed by atoms with E-state index >= 15 is 0 Å². The highest BCUT2D eigenvalue weighted by Gasteiger charge is 2.31. The lowest BCUT2D eigenvalue weighted by atomic mass is 9.99. The van der Waals surface area contributed by atoms with Crippen molar-refractivity contribution in [3.63, 3.8) is 0 Å². The lowest BCUT2D eigenvalue weighted by molar-refractivity contribution is -0.157. The number of carbonyl (C=O) groups excluding carboxylic acids is 2. The summed E-state index contributed by atoms with van der Waals surface area (Å²) in [5.41, 5.74) is 5.96. The standard InChI is InChI=1S/C17H25NO4/c1-2-3-7-12-21-16(19)15(14-9-5-4-6-10-14)17(20)22-13-8-11-18/h4-6,9-10,15H,2-3,7-8,11-13,18H2,1H3. The van der Waals surface area contributed by atoms with Gasteiger partial charge in [-0.05, 0) is 24.9 Å². The molecular weight excluding hydrogens is 282 g/mol. The molecule has 0 radical (unpaired) electrons. The summed E-state index contributed by atoms with van der Waals surface area (Å²) in [6, 6.07) is 8.83. The molecule has 0 aliphatic carbocycles. The molecule has 0 fully saturated rings. The fraction of sp³-hybridized carbons (Fsp3) is 0.529. The average molecular weight is 307 g/mol. The van der Waals surface area contributed by atoms with Gasteiger partial charge in [0.25, 0.3) is 0 Å². The molecule has 5 nitrogen and oxygen atoms in total. The normalized spacial score (nSPS) is 11.7. The lowest BCUT2D eigenvalue weighted by Gasteiger charge is -2.15. The van der Waals surface area contributed by atoms with E-state index < -0.39 is 17.9 Å². The van der Waals surface area contributed by atoms with Gasteiger partial charge in [0, 0.05) is 0 Å². The van der Waals surface area contributed by atoms with Crippen LogP contribution >= 0.6 is 0 Å². The molecule has 1 aromatic rings. The summed E-state index contributed by atoms with van der Waals surface area (Å²) in [5.74, 6) is -2.17. The number of hydrogen-bond acceptors (Lipinski definition) is 5. The summed E-state index contributed by atoms with van der Waals surface area (Å²) in [5, 5.41) is 0. The number of rotatable bonds is 10. The molecule has 22 heavy (non-hydrogen) atoms. The Labute approximate surface area is 131 Å². The first-order chi connectivity index (χ1) is 10.7. The van der Waals surface area contributed by atoms with Crippen molar-refractivity contribution in [3.8, 4) is 0 Å². The first-order valence-corrected chi connectivity index (χ1v) is 7.79. The second-order valence-corrected chi connectivity index (χ2v) is 5.03. The van der Waals surface area contributed by atoms with E-state index in [0.29, 0.717) is 25.1 Å². The van der Waals surface area contributed by atoms with Crippen LogP contribution < -0.4 is 5.73 Å². The molecule has 0 aliphatic rings. The van der Waals surface area contributed by atoms with Crippen LogP contribution in [-0.2, 0) is 19.1 Å². The maximum absolute atomic E-state index is 12.2. The molecule has 0 bridgehead atoms. The zero-order valence-corrected chi connectivity index (χ0v) is 13.1. The highest BCUT2D eigenvalue weighted by Crippen LogP contribution is 2.19. The van der Waals surface area contributed by atoms with Gasteiger partial charge in [-0.1, -0.05) is 50.1 Å². The Morgan fingerprint density at radius 1 is 1.00 bits per heavy atom. The van der Waals surface area contributed by atoms with Crippen LogP contribution in [0.4, 0.5) is 0 Å². The molecule has 0 aromatic heterocycles. The van der Waals surface area contributed by atoms with Gasteiger partial charge in [0.2, 0.25) is 0 Å². The van der Waals surface area contributed by atoms with E-state index in [4.69, 9.17) is 15.2 Å². The Kier molecular flexibility index (Phi) is 8.91. The zero-order chi connectivity index (χ0) is 16.2. The van der Waals surface area contributed by atoms with Gasteiger partial charge in [0.05, 0.1) is 13.2 Å². The van der Waals surface area contributed by atoms with E-state index in [2.05, 4.69) is 6.92 Å². The number of ether oxygens (including phenoxy) is 2. The largest absolute Gasteiger partial charge is 0.465 e. The number of nitrogens with two attached hydrogens (primary N) is 1. The quantitative estimate of drug-likeness (QED) is 0.408. The minimum absolute atomic E-state index is 0.210. The third kappa shape index (κ3) is 6.26. The van der Waals surface area contributed by atoms with Crippen LogP contribution in [0, 0.1) is 0 Å². The average Bonchev–Trinajstić information content (AvgIpc) is 2.53. The molecule has 0 heterocycles. The summed E-state index contributed by atoms with van der Waals surface area (Å²) >= 11 is 0. The number of esters is 2. The van der Waals surface area contributed by atoms with Crippen molar-refractivity contribution in [1.29, 1.82) is 0 Å². The van der Waals surface area contributed by atoms with Gasteiger partial charge in [-0.2, -0.15) is 0 Å². The molecule has 1 unspecified atom stereocenters. The van der Waals surface area contributed by atoms with Gasteiger partial charge in [-0.15, -0.1) is 0 Å². The maximum atomic E-state index is 12.2. The number of hydrogen-bond donors (Lipinski definition) is 1. The summed E-state index contributed by atoms with van der Waals surface area (Å²) in [7, 11) is 0. The summed E-state index contributed by atoms with van der Waals surface area (Å²) in [6.45, 7) is 3.04. The van der Waals surface area contributed by atoms with Gasteiger partial charge in [-0.25, -0.2) is 0 Å². The van der Waals surface area contributed by atoms with Crippen molar-refractivity contribution in [2.75, 3.05) is 19.8 Å². The molecule has 2 N–H and O–H groups in total. The Balaban J connectivity index is 2.69. The number of benzene rings is 1. The molecule has 0 saturated heterocycles. The highest BCUT2D eigenvalue weighted by molar-refractivity contribution is 6.00. The third-order valence-corrected chi connectivity index (χ3v) is 3.19. The van der Waals surface area contributed by atoms with Crippen molar-refractivity contribution >= 4 is 11.9 Å². The van der Waals surface area contributed by atoms with Crippen molar-refractivity contribution in [2.24, 2.45) is 5.73 Å². The van der Waals surface area contributed by atoms with Crippen LogP contribution in [0.3, 0.4) is 0 Å². The van der Waals surface area contributed by atoms with E-state index in [9.17, 15) is 9.59 Å². The fourth-order valence-electron chi connectivity index (χ4n) is 1.96. The molecule has 1 rings (SSSR count). The minimum atomic E-state index is -1.03. The van der Waals surface area contributed by atoms with Crippen molar-refractivity contribution in [3.05, 3.63) is 35.9 Å². The Bertz CT molecular complexity index is 447. The summed E-state index contributed by atoms with van der Waals surface area (Å²) in [6.07, 6.45) is 3.40. The molecule has 0 spiro atoms. The lowest BCUT2D eigenvalue weighted by Crippen LogP contribution is -2.27. The molecule has 1 aromatic carbocycles. The topological polar surface area (TPSA) is 78.6 Å². The molecule has 0 amide bonds. The first kappa shape index (κ1) is 18.2. The van der Waals surface area contributed by atoms with E-state index in [1.54, 1.807) is 24.3 Å². The second-order valence-electron chi connectivity index (χ2n) is 5.03. The van der Waals surface area contributed by atoms with Crippen LogP contribution in [0.5, 0.6) is 0 Å². The highest BCUT2D eigenvalue weighted by atomic mass is 16.6. The number of unbranched alkanes of at least 4 members (excludes halogenated alkanes) is 2. The Morgan fingerprint density at radius 3 is 2.14 bits per heavy atom. The maximum Gasteiger partial charge on any atom is 0.324 e. The molecule has 5 heteroatoms. The fourth-order valence-corrected chi connectivity index (χ4v) is 1.96. The van der Waals surface area contributed by atoms with Gasteiger partial charge in [-0.3, -0.25) is 9.59 Å². The summed E-state index contributed by atoms with van der Waals surface area (Å²) in [4.78, 5) is 24.4. The zero-order valence-electron chi connectivity index (χ0n) is 13.1. The van der Waals surface area contributed by atoms with Crippen LogP contribution in [0.25, 0.3) is 0 Å².